The summed E-state index contributed by atoms with van der Waals surface area (Å²) in [5.74, 6) is 1.85. The van der Waals surface area contributed by atoms with Crippen molar-refractivity contribution in [2.24, 2.45) is 0 Å². The Morgan fingerprint density at radius 1 is 1.33 bits per heavy atom. The van der Waals surface area contributed by atoms with Crippen molar-refractivity contribution in [2.75, 3.05) is 13.2 Å². The Morgan fingerprint density at radius 3 is 3.00 bits per heavy atom. The van der Waals surface area contributed by atoms with Crippen LogP contribution in [-0.2, 0) is 13.0 Å². The number of benzene rings is 1. The summed E-state index contributed by atoms with van der Waals surface area (Å²) in [4.78, 5) is 4.08. The van der Waals surface area contributed by atoms with Gasteiger partial charge in [0.25, 0.3) is 0 Å². The molecule has 0 aliphatic rings. The van der Waals surface area contributed by atoms with E-state index in [0.29, 0.717) is 6.61 Å². The number of rotatable bonds is 7. The van der Waals surface area contributed by atoms with Crippen LogP contribution in [0.3, 0.4) is 0 Å². The Kier molecular flexibility index (Phi) is 4.72. The third kappa shape index (κ3) is 3.56. The molecule has 18 heavy (non-hydrogen) atoms. The number of aromatic amines is 1. The SMILES string of the molecule is CCOc1ccccc1CNCCc1ncn[nH]1. The zero-order valence-electron chi connectivity index (χ0n) is 10.5. The van der Waals surface area contributed by atoms with Crippen LogP contribution in [0.5, 0.6) is 5.75 Å². The van der Waals surface area contributed by atoms with Crippen LogP contribution in [0.4, 0.5) is 0 Å². The second-order valence-corrected chi connectivity index (χ2v) is 3.90. The average molecular weight is 246 g/mol. The predicted molar refractivity (Wildman–Crippen MR) is 69.4 cm³/mol. The topological polar surface area (TPSA) is 62.8 Å². The third-order valence-electron chi connectivity index (χ3n) is 2.59. The molecule has 0 aliphatic carbocycles. The Hall–Kier alpha value is -1.88. The Bertz CT molecular complexity index is 456. The van der Waals surface area contributed by atoms with Gasteiger partial charge >= 0.3 is 0 Å². The normalized spacial score (nSPS) is 10.5. The number of nitrogens with one attached hydrogen (secondary N) is 2. The van der Waals surface area contributed by atoms with Gasteiger partial charge in [0, 0.05) is 25.1 Å². The van der Waals surface area contributed by atoms with E-state index in [9.17, 15) is 0 Å². The van der Waals surface area contributed by atoms with Crippen molar-refractivity contribution in [3.8, 4) is 5.75 Å². The molecule has 0 bridgehead atoms. The highest BCUT2D eigenvalue weighted by molar-refractivity contribution is 5.33. The Morgan fingerprint density at radius 2 is 2.22 bits per heavy atom. The number of hydrogen-bond donors (Lipinski definition) is 2. The highest BCUT2D eigenvalue weighted by Crippen LogP contribution is 2.17. The Balaban J connectivity index is 1.79. The zero-order valence-corrected chi connectivity index (χ0v) is 10.5. The standard InChI is InChI=1S/C13H18N4O/c1-2-18-12-6-4-3-5-11(12)9-14-8-7-13-15-10-16-17-13/h3-6,10,14H,2,7-9H2,1H3,(H,15,16,17). The van der Waals surface area contributed by atoms with Crippen LogP contribution < -0.4 is 10.1 Å². The molecule has 96 valence electrons. The molecule has 2 aromatic rings. The molecular formula is C13H18N4O. The van der Waals surface area contributed by atoms with Gasteiger partial charge < -0.3 is 10.1 Å². The first-order valence-electron chi connectivity index (χ1n) is 6.16. The van der Waals surface area contributed by atoms with Gasteiger partial charge in [0.1, 0.15) is 17.9 Å². The summed E-state index contributed by atoms with van der Waals surface area (Å²) in [6.45, 7) is 4.34. The minimum absolute atomic E-state index is 0.690. The van der Waals surface area contributed by atoms with E-state index in [-0.39, 0.29) is 0 Å². The van der Waals surface area contributed by atoms with E-state index >= 15 is 0 Å². The van der Waals surface area contributed by atoms with Crippen LogP contribution in [0.15, 0.2) is 30.6 Å². The number of ether oxygens (including phenoxy) is 1. The van der Waals surface area contributed by atoms with Crippen molar-refractivity contribution >= 4 is 0 Å². The summed E-state index contributed by atoms with van der Waals surface area (Å²) >= 11 is 0. The van der Waals surface area contributed by atoms with Crippen molar-refractivity contribution in [3.05, 3.63) is 42.0 Å². The molecule has 0 saturated carbocycles. The molecule has 1 heterocycles. The molecule has 1 aromatic carbocycles. The highest BCUT2D eigenvalue weighted by Gasteiger charge is 2.02. The van der Waals surface area contributed by atoms with Gasteiger partial charge in [-0.25, -0.2) is 4.98 Å². The van der Waals surface area contributed by atoms with Gasteiger partial charge in [0.05, 0.1) is 6.61 Å². The summed E-state index contributed by atoms with van der Waals surface area (Å²) in [6.07, 6.45) is 2.37. The maximum Gasteiger partial charge on any atom is 0.137 e. The van der Waals surface area contributed by atoms with Crippen LogP contribution in [-0.4, -0.2) is 28.3 Å². The van der Waals surface area contributed by atoms with Gasteiger partial charge in [-0.2, -0.15) is 5.10 Å². The fraction of sp³-hybridized carbons (Fsp3) is 0.385. The minimum Gasteiger partial charge on any atom is -0.494 e. The molecule has 0 radical (unpaired) electrons. The first kappa shape index (κ1) is 12.6. The first-order valence-corrected chi connectivity index (χ1v) is 6.16. The molecule has 2 N–H and O–H groups in total. The second kappa shape index (κ2) is 6.76. The zero-order chi connectivity index (χ0) is 12.6. The lowest BCUT2D eigenvalue weighted by atomic mass is 10.2. The van der Waals surface area contributed by atoms with E-state index in [1.54, 1.807) is 0 Å². The smallest absolute Gasteiger partial charge is 0.137 e. The van der Waals surface area contributed by atoms with Gasteiger partial charge in [-0.05, 0) is 13.0 Å². The summed E-state index contributed by atoms with van der Waals surface area (Å²) in [6, 6.07) is 8.09. The molecule has 1 aromatic heterocycles. The number of aromatic nitrogens is 3. The number of hydrogen-bond acceptors (Lipinski definition) is 4. The highest BCUT2D eigenvalue weighted by atomic mass is 16.5. The van der Waals surface area contributed by atoms with Gasteiger partial charge in [0.2, 0.25) is 0 Å². The molecule has 5 heteroatoms. The molecule has 2 rings (SSSR count). The molecule has 0 aliphatic heterocycles. The molecule has 5 nitrogen and oxygen atoms in total. The van der Waals surface area contributed by atoms with E-state index in [2.05, 4.69) is 26.6 Å². The molecule has 0 amide bonds. The van der Waals surface area contributed by atoms with Crippen molar-refractivity contribution in [1.29, 1.82) is 0 Å². The third-order valence-corrected chi connectivity index (χ3v) is 2.59. The first-order chi connectivity index (χ1) is 8.90. The summed E-state index contributed by atoms with van der Waals surface area (Å²) in [7, 11) is 0. The van der Waals surface area contributed by atoms with Gasteiger partial charge in [-0.1, -0.05) is 18.2 Å². The van der Waals surface area contributed by atoms with Crippen LogP contribution in [0.25, 0.3) is 0 Å². The van der Waals surface area contributed by atoms with Gasteiger partial charge in [0.15, 0.2) is 0 Å². The van der Waals surface area contributed by atoms with Crippen molar-refractivity contribution < 1.29 is 4.74 Å². The van der Waals surface area contributed by atoms with Crippen molar-refractivity contribution in [3.63, 3.8) is 0 Å². The van der Waals surface area contributed by atoms with E-state index < -0.39 is 0 Å². The molecule has 0 saturated heterocycles. The fourth-order valence-electron chi connectivity index (χ4n) is 1.73. The largest absolute Gasteiger partial charge is 0.494 e. The van der Waals surface area contributed by atoms with Crippen molar-refractivity contribution in [2.45, 2.75) is 19.9 Å². The lowest BCUT2D eigenvalue weighted by molar-refractivity contribution is 0.335. The quantitative estimate of drug-likeness (QED) is 0.727. The van der Waals surface area contributed by atoms with Crippen LogP contribution in [0, 0.1) is 0 Å². The maximum atomic E-state index is 5.57. The monoisotopic (exact) mass is 246 g/mol. The number of nitrogens with zero attached hydrogens (tertiary/aromatic N) is 2. The second-order valence-electron chi connectivity index (χ2n) is 3.90. The van der Waals surface area contributed by atoms with E-state index in [1.807, 2.05) is 25.1 Å². The predicted octanol–water partition coefficient (Wildman–Crippen LogP) is 1.54. The van der Waals surface area contributed by atoms with Crippen molar-refractivity contribution in [1.82, 2.24) is 20.5 Å². The van der Waals surface area contributed by atoms with Crippen LogP contribution in [0.1, 0.15) is 18.3 Å². The van der Waals surface area contributed by atoms with Gasteiger partial charge in [-0.3, -0.25) is 5.10 Å². The van der Waals surface area contributed by atoms with E-state index in [0.717, 1.165) is 31.1 Å². The minimum atomic E-state index is 0.690. The summed E-state index contributed by atoms with van der Waals surface area (Å²) < 4.78 is 5.57. The molecule has 0 unspecified atom stereocenters. The van der Waals surface area contributed by atoms with Gasteiger partial charge in [-0.15, -0.1) is 0 Å². The molecular weight excluding hydrogens is 228 g/mol. The molecule has 0 spiro atoms. The van der Waals surface area contributed by atoms with Crippen LogP contribution >= 0.6 is 0 Å². The fourth-order valence-corrected chi connectivity index (χ4v) is 1.73. The van der Waals surface area contributed by atoms with Crippen LogP contribution in [0.2, 0.25) is 0 Å². The molecule has 0 fully saturated rings. The molecule has 0 atom stereocenters. The maximum absolute atomic E-state index is 5.57. The van der Waals surface area contributed by atoms with E-state index in [1.165, 1.54) is 11.9 Å². The summed E-state index contributed by atoms with van der Waals surface area (Å²) in [5, 5.41) is 10.0. The summed E-state index contributed by atoms with van der Waals surface area (Å²) in [5.41, 5.74) is 1.18. The Labute approximate surface area is 107 Å². The number of H-pyrrole nitrogens is 1. The van der Waals surface area contributed by atoms with E-state index in [4.69, 9.17) is 4.74 Å². The average Bonchev–Trinajstić information content (AvgIpc) is 2.90. The number of para-hydroxylation sites is 1. The lowest BCUT2D eigenvalue weighted by Gasteiger charge is -2.10. The lowest BCUT2D eigenvalue weighted by Crippen LogP contribution is -2.17.